The normalized spacial score (nSPS) is 11.2. The average molecular weight is 398 g/mol. The van der Waals surface area contributed by atoms with Gasteiger partial charge in [0.1, 0.15) is 0 Å². The van der Waals surface area contributed by atoms with Gasteiger partial charge in [-0.1, -0.05) is 12.1 Å². The SMILES string of the molecule is CNc1ccc(-c2nnnn2Cc2ccc(-c3nnc(C(F)F)o3)cc2)cc1N. The largest absolute Gasteiger partial charge is 0.415 e. The van der Waals surface area contributed by atoms with Crippen LogP contribution in [-0.4, -0.2) is 37.5 Å². The third-order valence-electron chi connectivity index (χ3n) is 4.27. The lowest BCUT2D eigenvalue weighted by molar-refractivity contribution is 0.116. The summed E-state index contributed by atoms with van der Waals surface area (Å²) in [5.41, 5.74) is 9.66. The van der Waals surface area contributed by atoms with Gasteiger partial charge < -0.3 is 15.5 Å². The number of nitrogens with zero attached hydrogens (tertiary/aromatic N) is 6. The highest BCUT2D eigenvalue weighted by Crippen LogP contribution is 2.26. The van der Waals surface area contributed by atoms with Crippen molar-refractivity contribution in [1.29, 1.82) is 0 Å². The second kappa shape index (κ2) is 7.62. The lowest BCUT2D eigenvalue weighted by Crippen LogP contribution is -2.05. The molecule has 4 rings (SSSR count). The highest BCUT2D eigenvalue weighted by molar-refractivity contribution is 5.73. The topological polar surface area (TPSA) is 121 Å². The molecule has 0 saturated heterocycles. The lowest BCUT2D eigenvalue weighted by Gasteiger charge is -2.08. The molecule has 11 heteroatoms. The molecule has 148 valence electrons. The van der Waals surface area contributed by atoms with Crippen LogP contribution >= 0.6 is 0 Å². The van der Waals surface area contributed by atoms with E-state index < -0.39 is 12.3 Å². The van der Waals surface area contributed by atoms with Crippen LogP contribution in [-0.2, 0) is 6.54 Å². The van der Waals surface area contributed by atoms with E-state index in [-0.39, 0.29) is 5.89 Å². The standard InChI is InChI=1S/C18H16F2N8O/c1-22-14-7-6-12(8-13(14)21)16-23-26-27-28(16)9-10-2-4-11(5-3-10)17-24-25-18(29-17)15(19)20/h2-8,15,22H,9,21H2,1H3. The zero-order valence-electron chi connectivity index (χ0n) is 15.3. The molecule has 0 saturated carbocycles. The molecule has 9 nitrogen and oxygen atoms in total. The highest BCUT2D eigenvalue weighted by atomic mass is 19.3. The van der Waals surface area contributed by atoms with Crippen LogP contribution in [0.5, 0.6) is 0 Å². The Balaban J connectivity index is 1.55. The Morgan fingerprint density at radius 2 is 1.83 bits per heavy atom. The fraction of sp³-hybridized carbons (Fsp3) is 0.167. The first-order valence-electron chi connectivity index (χ1n) is 8.60. The Morgan fingerprint density at radius 3 is 2.48 bits per heavy atom. The fourth-order valence-corrected chi connectivity index (χ4v) is 2.81. The Kier molecular flexibility index (Phi) is 4.85. The van der Waals surface area contributed by atoms with Crippen LogP contribution in [0.4, 0.5) is 20.2 Å². The van der Waals surface area contributed by atoms with E-state index in [1.165, 1.54) is 0 Å². The van der Waals surface area contributed by atoms with Crippen LogP contribution in [0.3, 0.4) is 0 Å². The van der Waals surface area contributed by atoms with Crippen molar-refractivity contribution in [3.63, 3.8) is 0 Å². The molecule has 0 fully saturated rings. The number of benzene rings is 2. The first kappa shape index (κ1) is 18.5. The van der Waals surface area contributed by atoms with Gasteiger partial charge >= 0.3 is 6.43 Å². The van der Waals surface area contributed by atoms with Crippen molar-refractivity contribution < 1.29 is 13.2 Å². The van der Waals surface area contributed by atoms with Gasteiger partial charge in [0.15, 0.2) is 5.82 Å². The number of nitrogen functional groups attached to an aromatic ring is 1. The van der Waals surface area contributed by atoms with Crippen LogP contribution in [0.15, 0.2) is 46.9 Å². The van der Waals surface area contributed by atoms with Crippen LogP contribution in [0.1, 0.15) is 17.9 Å². The maximum absolute atomic E-state index is 12.6. The van der Waals surface area contributed by atoms with Crippen molar-refractivity contribution in [2.75, 3.05) is 18.1 Å². The van der Waals surface area contributed by atoms with Crippen LogP contribution in [0.2, 0.25) is 0 Å². The monoisotopic (exact) mass is 398 g/mol. The quantitative estimate of drug-likeness (QED) is 0.476. The molecular weight excluding hydrogens is 382 g/mol. The van der Waals surface area contributed by atoms with Gasteiger partial charge in [-0.2, -0.15) is 8.78 Å². The Labute approximate surface area is 163 Å². The fourth-order valence-electron chi connectivity index (χ4n) is 2.81. The minimum Gasteiger partial charge on any atom is -0.415 e. The van der Waals surface area contributed by atoms with Crippen molar-refractivity contribution in [3.8, 4) is 22.8 Å². The van der Waals surface area contributed by atoms with Gasteiger partial charge in [0.05, 0.1) is 17.9 Å². The number of halogens is 2. The average Bonchev–Trinajstić information content (AvgIpc) is 3.38. The van der Waals surface area contributed by atoms with E-state index in [9.17, 15) is 8.78 Å². The zero-order valence-corrected chi connectivity index (χ0v) is 15.3. The van der Waals surface area contributed by atoms with E-state index in [0.717, 1.165) is 16.8 Å². The minimum absolute atomic E-state index is 0.0371. The molecule has 0 radical (unpaired) electrons. The van der Waals surface area contributed by atoms with Gasteiger partial charge in [0.25, 0.3) is 5.89 Å². The molecule has 4 aromatic rings. The zero-order chi connectivity index (χ0) is 20.4. The first-order valence-corrected chi connectivity index (χ1v) is 8.60. The van der Waals surface area contributed by atoms with Crippen LogP contribution < -0.4 is 11.1 Å². The summed E-state index contributed by atoms with van der Waals surface area (Å²) in [5.74, 6) is -0.0945. The molecule has 2 heterocycles. The predicted molar refractivity (Wildman–Crippen MR) is 101 cm³/mol. The van der Waals surface area contributed by atoms with E-state index >= 15 is 0 Å². The summed E-state index contributed by atoms with van der Waals surface area (Å²) >= 11 is 0. The molecule has 29 heavy (non-hydrogen) atoms. The molecule has 0 atom stereocenters. The third-order valence-corrected chi connectivity index (χ3v) is 4.27. The number of anilines is 2. The van der Waals surface area contributed by atoms with Crippen molar-refractivity contribution in [1.82, 2.24) is 30.4 Å². The molecule has 0 aliphatic carbocycles. The summed E-state index contributed by atoms with van der Waals surface area (Å²) in [7, 11) is 1.79. The Bertz CT molecular complexity index is 1120. The number of hydrogen-bond donors (Lipinski definition) is 2. The number of nitrogens with one attached hydrogen (secondary N) is 1. The molecular formula is C18H16F2N8O. The van der Waals surface area contributed by atoms with Gasteiger partial charge in [0, 0.05) is 18.2 Å². The van der Waals surface area contributed by atoms with Gasteiger partial charge in [0.2, 0.25) is 5.89 Å². The second-order valence-electron chi connectivity index (χ2n) is 6.16. The number of aromatic nitrogens is 6. The summed E-state index contributed by atoms with van der Waals surface area (Å²) in [6.45, 7) is 0.405. The smallest absolute Gasteiger partial charge is 0.314 e. The van der Waals surface area contributed by atoms with Crippen LogP contribution in [0.25, 0.3) is 22.8 Å². The van der Waals surface area contributed by atoms with Gasteiger partial charge in [-0.25, -0.2) is 4.68 Å². The Morgan fingerprint density at radius 1 is 1.07 bits per heavy atom. The molecule has 0 spiro atoms. The van der Waals surface area contributed by atoms with Crippen molar-refractivity contribution >= 4 is 11.4 Å². The number of hydrogen-bond acceptors (Lipinski definition) is 8. The molecule has 0 aliphatic rings. The molecule has 0 unspecified atom stereocenters. The molecule has 0 amide bonds. The maximum Gasteiger partial charge on any atom is 0.314 e. The summed E-state index contributed by atoms with van der Waals surface area (Å²) < 4.78 is 31.8. The Hall–Kier alpha value is -3.89. The van der Waals surface area contributed by atoms with Crippen molar-refractivity contribution in [2.45, 2.75) is 13.0 Å². The molecule has 2 aromatic carbocycles. The summed E-state index contributed by atoms with van der Waals surface area (Å²) in [4.78, 5) is 0. The van der Waals surface area contributed by atoms with Gasteiger partial charge in [-0.05, 0) is 46.3 Å². The van der Waals surface area contributed by atoms with E-state index in [1.807, 2.05) is 24.3 Å². The first-order chi connectivity index (χ1) is 14.0. The van der Waals surface area contributed by atoms with E-state index in [4.69, 9.17) is 10.2 Å². The summed E-state index contributed by atoms with van der Waals surface area (Å²) in [6, 6.07) is 12.6. The van der Waals surface area contributed by atoms with Gasteiger partial charge in [-0.15, -0.1) is 15.3 Å². The van der Waals surface area contributed by atoms with E-state index in [0.29, 0.717) is 23.6 Å². The van der Waals surface area contributed by atoms with Crippen molar-refractivity contribution in [2.24, 2.45) is 0 Å². The molecule has 2 aromatic heterocycles. The number of nitrogens with two attached hydrogens (primary N) is 1. The van der Waals surface area contributed by atoms with E-state index in [1.54, 1.807) is 29.9 Å². The minimum atomic E-state index is -2.80. The predicted octanol–water partition coefficient (Wildman–Crippen LogP) is 3.00. The third kappa shape index (κ3) is 3.74. The van der Waals surface area contributed by atoms with Gasteiger partial charge in [-0.3, -0.25) is 0 Å². The van der Waals surface area contributed by atoms with Crippen LogP contribution in [0, 0.1) is 0 Å². The van der Waals surface area contributed by atoms with Crippen molar-refractivity contribution in [3.05, 3.63) is 53.9 Å². The summed E-state index contributed by atoms with van der Waals surface area (Å²) in [5, 5.41) is 21.8. The summed E-state index contributed by atoms with van der Waals surface area (Å²) in [6.07, 6.45) is -2.80. The molecule has 3 N–H and O–H groups in total. The molecule has 0 bridgehead atoms. The number of rotatable bonds is 6. The number of tetrazole rings is 1. The second-order valence-corrected chi connectivity index (χ2v) is 6.16. The number of alkyl halides is 2. The van der Waals surface area contributed by atoms with E-state index in [2.05, 4.69) is 31.0 Å². The highest BCUT2D eigenvalue weighted by Gasteiger charge is 2.17. The molecule has 0 aliphatic heterocycles. The lowest BCUT2D eigenvalue weighted by atomic mass is 10.1. The maximum atomic E-state index is 12.6.